The van der Waals surface area contributed by atoms with E-state index in [1.165, 1.54) is 0 Å². The van der Waals surface area contributed by atoms with Gasteiger partial charge in [0.15, 0.2) is 0 Å². The first-order chi connectivity index (χ1) is 20.0. The predicted molar refractivity (Wildman–Crippen MR) is 166 cm³/mol. The smallest absolute Gasteiger partial charge is 0.318 e. The fourth-order valence-corrected chi connectivity index (χ4v) is 5.78. The van der Waals surface area contributed by atoms with Crippen molar-refractivity contribution in [2.24, 2.45) is 11.8 Å². The van der Waals surface area contributed by atoms with Gasteiger partial charge in [0.05, 0.1) is 24.9 Å². The van der Waals surface area contributed by atoms with E-state index in [0.29, 0.717) is 36.9 Å². The van der Waals surface area contributed by atoms with Crippen molar-refractivity contribution in [2.75, 3.05) is 36.0 Å². The number of ether oxygens (including phenoxy) is 1. The molecule has 0 radical (unpaired) electrons. The minimum Gasteiger partial charge on any atom is -0.463 e. The topological polar surface area (TPSA) is 65.3 Å². The number of allylic oxidation sites excluding steroid dienone is 1. The summed E-state index contributed by atoms with van der Waals surface area (Å²) in [6.07, 6.45) is 8.50. The summed E-state index contributed by atoms with van der Waals surface area (Å²) in [7, 11) is 0. The molecule has 1 aliphatic heterocycles. The molecule has 1 unspecified atom stereocenters. The third-order valence-electron chi connectivity index (χ3n) is 7.89. The van der Waals surface area contributed by atoms with Crippen molar-refractivity contribution in [1.29, 1.82) is 5.26 Å². The number of benzene rings is 2. The van der Waals surface area contributed by atoms with Crippen LogP contribution in [0.5, 0.6) is 6.01 Å². The molecule has 2 aromatic carbocycles. The van der Waals surface area contributed by atoms with Gasteiger partial charge in [-0.3, -0.25) is 0 Å². The maximum Gasteiger partial charge on any atom is 0.318 e. The molecule has 0 N–H and O–H groups in total. The van der Waals surface area contributed by atoms with E-state index in [1.54, 1.807) is 6.07 Å². The molecule has 0 spiro atoms. The van der Waals surface area contributed by atoms with Gasteiger partial charge in [-0.2, -0.15) is 15.2 Å². The number of hydrogen-bond acceptors (Lipinski definition) is 6. The zero-order valence-electron chi connectivity index (χ0n) is 24.9. The number of unbranched alkanes of at least 4 members (excludes halogenated alkanes) is 1. The second-order valence-electron chi connectivity index (χ2n) is 11.3. The van der Waals surface area contributed by atoms with Gasteiger partial charge < -0.3 is 14.5 Å². The molecule has 0 aliphatic carbocycles. The molecular weight excluding hydrogens is 513 g/mol. The summed E-state index contributed by atoms with van der Waals surface area (Å²) >= 11 is 0. The van der Waals surface area contributed by atoms with Crippen molar-refractivity contribution in [3.05, 3.63) is 66.1 Å². The quantitative estimate of drug-likeness (QED) is 0.177. The minimum atomic E-state index is -0.207. The third kappa shape index (κ3) is 7.55. The summed E-state index contributed by atoms with van der Waals surface area (Å²) < 4.78 is 20.9. The van der Waals surface area contributed by atoms with Gasteiger partial charge in [-0.1, -0.05) is 64.0 Å². The second kappa shape index (κ2) is 14.8. The van der Waals surface area contributed by atoms with Crippen LogP contribution in [0, 0.1) is 29.0 Å². The van der Waals surface area contributed by atoms with Crippen LogP contribution in [-0.4, -0.2) is 36.2 Å². The molecule has 7 heteroatoms. The largest absolute Gasteiger partial charge is 0.463 e. The lowest BCUT2D eigenvalue weighted by Crippen LogP contribution is -2.36. The van der Waals surface area contributed by atoms with E-state index in [0.717, 1.165) is 86.3 Å². The van der Waals surface area contributed by atoms with Gasteiger partial charge in [-0.15, -0.1) is 6.58 Å². The Balaban J connectivity index is 1.70. The zero-order chi connectivity index (χ0) is 29.2. The highest BCUT2D eigenvalue weighted by atomic mass is 19.1. The van der Waals surface area contributed by atoms with Crippen LogP contribution < -0.4 is 14.5 Å². The van der Waals surface area contributed by atoms with E-state index in [4.69, 9.17) is 14.7 Å². The summed E-state index contributed by atoms with van der Waals surface area (Å²) in [5.74, 6) is 1.31. The third-order valence-corrected chi connectivity index (χ3v) is 7.89. The molecule has 2 heterocycles. The number of halogens is 1. The summed E-state index contributed by atoms with van der Waals surface area (Å²) in [6, 6.07) is 13.8. The standard InChI is InChI=1S/C34H44FN5O/c1-5-8-12-26(11-6-2)24-41-34-37-31-23-39(32-16-15-30(35)27-13-9-10-14-28(27)32)21-18-29(31)33(38-34)40(20-7-3)22-25(4)17-19-36/h6,9-10,13-16,25-26H,2,5,7-8,11-12,17-18,20-24H2,1,3-4H3/t25?,26-/m0/s1. The van der Waals surface area contributed by atoms with E-state index in [9.17, 15) is 9.65 Å². The van der Waals surface area contributed by atoms with E-state index in [-0.39, 0.29) is 11.7 Å². The lowest BCUT2D eigenvalue weighted by Gasteiger charge is -2.35. The number of anilines is 2. The maximum absolute atomic E-state index is 14.6. The lowest BCUT2D eigenvalue weighted by atomic mass is 9.99. The van der Waals surface area contributed by atoms with Crippen LogP contribution in [0.1, 0.15) is 70.6 Å². The van der Waals surface area contributed by atoms with Crippen LogP contribution in [0.15, 0.2) is 49.1 Å². The van der Waals surface area contributed by atoms with Crippen molar-refractivity contribution in [3.63, 3.8) is 0 Å². The molecule has 41 heavy (non-hydrogen) atoms. The summed E-state index contributed by atoms with van der Waals surface area (Å²) in [5.41, 5.74) is 3.10. The molecule has 218 valence electrons. The van der Waals surface area contributed by atoms with Crippen LogP contribution in [0.25, 0.3) is 10.8 Å². The number of fused-ring (bicyclic) bond motifs is 2. The van der Waals surface area contributed by atoms with Crippen LogP contribution in [-0.2, 0) is 13.0 Å². The first kappa shape index (κ1) is 30.3. The van der Waals surface area contributed by atoms with Gasteiger partial charge in [-0.05, 0) is 49.7 Å². The number of rotatable bonds is 15. The van der Waals surface area contributed by atoms with Crippen LogP contribution in [0.3, 0.4) is 0 Å². The molecule has 0 amide bonds. The Kier molecular flexibility index (Phi) is 11.0. The highest BCUT2D eigenvalue weighted by molar-refractivity contribution is 5.94. The SMILES string of the molecule is C=CC[C@@H](CCCC)COc1nc2c(c(N(CCC)CC(C)CC#N)n1)CCN(c1ccc(F)c3ccccc13)C2. The van der Waals surface area contributed by atoms with Crippen molar-refractivity contribution >= 4 is 22.3 Å². The van der Waals surface area contributed by atoms with Crippen molar-refractivity contribution < 1.29 is 9.13 Å². The molecule has 0 saturated carbocycles. The Bertz CT molecular complexity index is 1350. The average Bonchev–Trinajstić information content (AvgIpc) is 2.98. The number of hydrogen-bond donors (Lipinski definition) is 0. The van der Waals surface area contributed by atoms with Gasteiger partial charge in [0.2, 0.25) is 0 Å². The Morgan fingerprint density at radius 2 is 1.98 bits per heavy atom. The molecule has 6 nitrogen and oxygen atoms in total. The Morgan fingerprint density at radius 1 is 1.17 bits per heavy atom. The van der Waals surface area contributed by atoms with E-state index >= 15 is 0 Å². The van der Waals surface area contributed by atoms with E-state index in [2.05, 4.69) is 43.2 Å². The lowest BCUT2D eigenvalue weighted by molar-refractivity contribution is 0.221. The molecule has 1 aliphatic rings. The Morgan fingerprint density at radius 3 is 2.71 bits per heavy atom. The second-order valence-corrected chi connectivity index (χ2v) is 11.3. The molecule has 2 atom stereocenters. The monoisotopic (exact) mass is 557 g/mol. The number of nitrogens with zero attached hydrogens (tertiary/aromatic N) is 5. The normalized spacial score (nSPS) is 14.3. The van der Waals surface area contributed by atoms with Crippen molar-refractivity contribution in [2.45, 2.75) is 72.3 Å². The fourth-order valence-electron chi connectivity index (χ4n) is 5.78. The maximum atomic E-state index is 14.6. The number of aromatic nitrogens is 2. The molecule has 0 saturated heterocycles. The number of nitriles is 1. The molecule has 4 rings (SSSR count). The average molecular weight is 558 g/mol. The highest BCUT2D eigenvalue weighted by Gasteiger charge is 2.27. The van der Waals surface area contributed by atoms with Crippen LogP contribution in [0.2, 0.25) is 0 Å². The Labute approximate surface area is 244 Å². The van der Waals surface area contributed by atoms with Gasteiger partial charge >= 0.3 is 6.01 Å². The first-order valence-electron chi connectivity index (χ1n) is 15.2. The first-order valence-corrected chi connectivity index (χ1v) is 15.2. The summed E-state index contributed by atoms with van der Waals surface area (Å²) in [6.45, 7) is 14.0. The van der Waals surface area contributed by atoms with Crippen LogP contribution >= 0.6 is 0 Å². The van der Waals surface area contributed by atoms with Crippen molar-refractivity contribution in [3.8, 4) is 12.1 Å². The zero-order valence-corrected chi connectivity index (χ0v) is 24.9. The fraction of sp³-hybridized carbons (Fsp3) is 0.500. The van der Waals surface area contributed by atoms with Crippen molar-refractivity contribution in [1.82, 2.24) is 9.97 Å². The van der Waals surface area contributed by atoms with Crippen LogP contribution in [0.4, 0.5) is 15.9 Å². The molecule has 3 aromatic rings. The Hall–Kier alpha value is -3.66. The predicted octanol–water partition coefficient (Wildman–Crippen LogP) is 7.86. The minimum absolute atomic E-state index is 0.207. The molecule has 0 bridgehead atoms. The summed E-state index contributed by atoms with van der Waals surface area (Å²) in [5, 5.41) is 10.8. The van der Waals surface area contributed by atoms with E-state index in [1.807, 2.05) is 36.4 Å². The highest BCUT2D eigenvalue weighted by Crippen LogP contribution is 2.35. The molecular formula is C34H44FN5O. The van der Waals surface area contributed by atoms with Gasteiger partial charge in [-0.25, -0.2) is 4.39 Å². The van der Waals surface area contributed by atoms with E-state index < -0.39 is 0 Å². The molecule has 0 fully saturated rings. The van der Waals surface area contributed by atoms with Gasteiger partial charge in [0, 0.05) is 48.1 Å². The summed E-state index contributed by atoms with van der Waals surface area (Å²) in [4.78, 5) is 14.6. The van der Waals surface area contributed by atoms with Gasteiger partial charge in [0.25, 0.3) is 0 Å². The van der Waals surface area contributed by atoms with Gasteiger partial charge in [0.1, 0.15) is 11.6 Å². The molecule has 1 aromatic heterocycles.